The van der Waals surface area contributed by atoms with Crippen molar-refractivity contribution < 1.29 is 47.6 Å². The Morgan fingerprint density at radius 3 is 1.42 bits per heavy atom. The van der Waals surface area contributed by atoms with Crippen LogP contribution in [0.1, 0.15) is 109 Å². The standard InChI is InChI=1S/C31H40FN7O3Si.C27H34FN5OSi.C24H24FN7O3.CH4/c1-6-20-13-19(2)24(32)14-23(20)25-8-7-22-28(35-36-29(22)33-25)30-34-26-16-38(31(41)37-10-9-21(40)15-37)17-27(26)39(30)18-42-11-12-43(3,4)5;1-6-18-14-17(2)21(28)15-20(18)22-11-10-19-25(31-32-26(19)29-22)27-30-23-8-7-9-24(23)33(27)16-34-12-13-35(3,4)5;1-2-12-7-20(34)16(25)8-15(12)17-4-3-14-21(29-30-22(14)26-17)23-27-18-10-32(11-19(18)28-23)24(35)31-6-5-13(33)9-31;/h7-8,13-14,21,40H,6,9-12,15-18H2,1-5H3,(H,33,35,36);10-11,14-15H,6-9,12-13,16H2,1-5H3,(H,29,31,32);3-4,7-8,13,33-34H,2,5-6,9-11H2,1H3,(H,27,28)(H,26,29,30);1H4/t21-;;13-;/m0.0./s1. The van der Waals surface area contributed by atoms with Crippen LogP contribution in [0.3, 0.4) is 0 Å². The number of phenols is 1. The number of rotatable bonds is 19. The molecule has 2 fully saturated rings. The summed E-state index contributed by atoms with van der Waals surface area (Å²) in [4.78, 5) is 65.0. The second-order valence-corrected chi connectivity index (χ2v) is 43.9. The molecule has 2 saturated heterocycles. The molecule has 0 unspecified atom stereocenters. The third-order valence-electron chi connectivity index (χ3n) is 22.1. The van der Waals surface area contributed by atoms with Gasteiger partial charge < -0.3 is 58.5 Å². The van der Waals surface area contributed by atoms with Gasteiger partial charge in [-0.2, -0.15) is 15.3 Å². The molecule has 114 heavy (non-hydrogen) atoms. The third kappa shape index (κ3) is 16.5. The lowest BCUT2D eigenvalue weighted by atomic mass is 9.99. The number of nitrogens with zero attached hydrogens (tertiary/aromatic N) is 15. The topological polar surface area (TPSA) is 315 Å². The zero-order valence-electron chi connectivity index (χ0n) is 66.0. The summed E-state index contributed by atoms with van der Waals surface area (Å²) >= 11 is 0. The van der Waals surface area contributed by atoms with Crippen LogP contribution < -0.4 is 0 Å². The molecule has 17 rings (SSSR count). The van der Waals surface area contributed by atoms with Crippen molar-refractivity contribution in [2.45, 2.75) is 197 Å². The Labute approximate surface area is 662 Å². The number of urea groups is 2. The summed E-state index contributed by atoms with van der Waals surface area (Å²) in [7, 11) is -2.42. The average Bonchev–Trinajstić information content (AvgIpc) is 1.60. The van der Waals surface area contributed by atoms with Gasteiger partial charge in [0.25, 0.3) is 0 Å². The number of H-pyrrole nitrogens is 4. The van der Waals surface area contributed by atoms with Crippen molar-refractivity contribution in [2.75, 3.05) is 39.4 Å². The van der Waals surface area contributed by atoms with E-state index >= 15 is 0 Å². The zero-order chi connectivity index (χ0) is 79.5. The van der Waals surface area contributed by atoms with E-state index in [1.54, 1.807) is 51.6 Å². The predicted molar refractivity (Wildman–Crippen MR) is 438 cm³/mol. The molecule has 12 aromatic rings. The van der Waals surface area contributed by atoms with E-state index in [1.807, 2.05) is 54.0 Å². The molecule has 600 valence electrons. The number of aryl methyl sites for hydroxylation is 6. The van der Waals surface area contributed by atoms with Crippen molar-refractivity contribution in [3.05, 3.63) is 152 Å². The van der Waals surface area contributed by atoms with Crippen molar-refractivity contribution in [3.8, 4) is 74.1 Å². The van der Waals surface area contributed by atoms with Gasteiger partial charge in [0.2, 0.25) is 0 Å². The van der Waals surface area contributed by atoms with Crippen LogP contribution in [-0.4, -0.2) is 189 Å². The minimum atomic E-state index is -1.27. The van der Waals surface area contributed by atoms with Gasteiger partial charge >= 0.3 is 12.1 Å². The number of phenolic OH excluding ortho intramolecular Hbond substituents is 1. The highest BCUT2D eigenvalue weighted by Gasteiger charge is 2.38. The highest BCUT2D eigenvalue weighted by Crippen LogP contribution is 2.39. The molecule has 0 bridgehead atoms. The van der Waals surface area contributed by atoms with Crippen molar-refractivity contribution in [3.63, 3.8) is 0 Å². The molecule has 3 aromatic carbocycles. The first-order chi connectivity index (χ1) is 54.2. The number of aromatic hydroxyl groups is 1. The molecule has 5 aliphatic rings. The van der Waals surface area contributed by atoms with Gasteiger partial charge in [0.05, 0.1) is 83.9 Å². The quantitative estimate of drug-likeness (QED) is 0.0292. The number of carbonyl (C=O) groups is 2. The molecule has 4 amide bonds. The lowest BCUT2D eigenvalue weighted by Crippen LogP contribution is -2.39. The summed E-state index contributed by atoms with van der Waals surface area (Å²) < 4.78 is 59.5. The maximum Gasteiger partial charge on any atom is 0.320 e. The number of halogens is 3. The number of pyridine rings is 3. The summed E-state index contributed by atoms with van der Waals surface area (Å²) in [5.41, 5.74) is 18.0. The summed E-state index contributed by atoms with van der Waals surface area (Å²) in [6, 6.07) is 23.2. The molecule has 0 saturated carbocycles. The van der Waals surface area contributed by atoms with Gasteiger partial charge in [-0.15, -0.1) is 0 Å². The largest absolute Gasteiger partial charge is 0.505 e. The normalized spacial score (nSPS) is 16.0. The Hall–Kier alpha value is -10.4. The maximum atomic E-state index is 14.5. The molecule has 31 heteroatoms. The van der Waals surface area contributed by atoms with E-state index in [0.29, 0.717) is 154 Å². The van der Waals surface area contributed by atoms with E-state index in [-0.39, 0.29) is 36.9 Å². The smallest absolute Gasteiger partial charge is 0.320 e. The molecule has 4 aliphatic heterocycles. The fourth-order valence-corrected chi connectivity index (χ4v) is 17.0. The fraction of sp³-hybridized carbons (Fsp3) is 0.434. The van der Waals surface area contributed by atoms with Crippen molar-refractivity contribution in [2.24, 2.45) is 0 Å². The molecule has 2 atom stereocenters. The van der Waals surface area contributed by atoms with Crippen molar-refractivity contribution in [1.29, 1.82) is 0 Å². The molecular weight excluding hydrogens is 1490 g/mol. The van der Waals surface area contributed by atoms with Crippen LogP contribution in [-0.2, 0) is 81.2 Å². The van der Waals surface area contributed by atoms with Crippen LogP contribution in [0.15, 0.2) is 72.8 Å². The number of aromatic nitrogens is 15. The second-order valence-electron chi connectivity index (χ2n) is 32.7. The number of aromatic amines is 4. The van der Waals surface area contributed by atoms with E-state index in [9.17, 15) is 38.1 Å². The van der Waals surface area contributed by atoms with Gasteiger partial charge in [-0.25, -0.2) is 52.7 Å². The lowest BCUT2D eigenvalue weighted by molar-refractivity contribution is 0.0852. The predicted octanol–water partition coefficient (Wildman–Crippen LogP) is 15.2. The molecule has 26 nitrogen and oxygen atoms in total. The summed E-state index contributed by atoms with van der Waals surface area (Å²) in [5.74, 6) is 0.618. The molecular formula is C83H102F3N19O7Si2. The number of carbonyl (C=O) groups excluding carboxylic acids is 2. The Morgan fingerprint density at radius 2 is 0.956 bits per heavy atom. The molecule has 13 heterocycles. The number of imidazole rings is 3. The molecule has 1 aliphatic carbocycles. The number of likely N-dealkylation sites (tertiary alicyclic amines) is 2. The molecule has 7 N–H and O–H groups in total. The number of hydrogen-bond acceptors (Lipinski definition) is 16. The van der Waals surface area contributed by atoms with Crippen LogP contribution in [0.25, 0.3) is 101 Å². The summed E-state index contributed by atoms with van der Waals surface area (Å²) in [5, 5.41) is 54.5. The van der Waals surface area contributed by atoms with E-state index in [4.69, 9.17) is 34.4 Å². The Balaban J connectivity index is 0.000000142. The Morgan fingerprint density at radius 1 is 0.518 bits per heavy atom. The number of nitrogens with one attached hydrogen (secondary N) is 4. The van der Waals surface area contributed by atoms with Crippen molar-refractivity contribution in [1.82, 2.24) is 94.2 Å². The minimum absolute atomic E-state index is 0. The van der Waals surface area contributed by atoms with Crippen LogP contribution >= 0.6 is 0 Å². The zero-order valence-corrected chi connectivity index (χ0v) is 68.0. The van der Waals surface area contributed by atoms with Gasteiger partial charge in [-0.3, -0.25) is 15.3 Å². The Kier molecular flexibility index (Phi) is 23.1. The average molecular weight is 1590 g/mol. The SMILES string of the molecule is C.CCc1cc(C)c(F)cc1-c1ccc2c(-c3nc4c(n3COCC[Si](C)(C)C)CCC4)[nH]nc2n1.CCc1cc(C)c(F)cc1-c1ccc2c(-c3nc4c(n3COCC[Si](C)(C)C)CN(C(=O)N3CC[C@H](O)C3)C4)[nH]nc2n1.CCc1cc(O)c(F)cc1-c1ccc2c(-c3nc4c([nH]3)CN(C(=O)N3CC[C@H](O)C3)C4)[nH]nc2n1. The number of β-amino-alcohol motifs (C(OH)–C–C–N with tert-alkyl or cyclic N) is 2. The monoisotopic (exact) mass is 1590 g/mol. The molecule has 0 radical (unpaired) electrons. The van der Waals surface area contributed by atoms with Crippen LogP contribution in [0.5, 0.6) is 5.75 Å². The number of amides is 4. The number of fused-ring (bicyclic) bond motifs is 6. The first-order valence-corrected chi connectivity index (χ1v) is 46.6. The summed E-state index contributed by atoms with van der Waals surface area (Å²) in [6.45, 7) is 29.4. The molecule has 0 spiro atoms. The highest BCUT2D eigenvalue weighted by atomic mass is 28.3. The first kappa shape index (κ1) is 80.2. The Bertz CT molecular complexity index is 5580. The van der Waals surface area contributed by atoms with Crippen molar-refractivity contribution >= 4 is 61.3 Å². The number of aliphatic hydroxyl groups excluding tert-OH is 2. The number of aliphatic hydroxyl groups is 2. The van der Waals surface area contributed by atoms with E-state index < -0.39 is 34.2 Å². The fourth-order valence-electron chi connectivity index (χ4n) is 15.5. The van der Waals surface area contributed by atoms with Gasteiger partial charge in [-0.1, -0.05) is 79.6 Å². The van der Waals surface area contributed by atoms with E-state index in [1.165, 1.54) is 17.8 Å². The van der Waals surface area contributed by atoms with Crippen LogP contribution in [0.2, 0.25) is 51.4 Å². The van der Waals surface area contributed by atoms with Gasteiger partial charge in [0.15, 0.2) is 46.0 Å². The van der Waals surface area contributed by atoms with E-state index in [2.05, 4.69) is 98.3 Å². The maximum absolute atomic E-state index is 14.5. The second kappa shape index (κ2) is 32.8. The number of ether oxygens (including phenoxy) is 2. The van der Waals surface area contributed by atoms with Crippen LogP contribution in [0.4, 0.5) is 22.8 Å². The highest BCUT2D eigenvalue weighted by molar-refractivity contribution is 6.76. The number of benzene rings is 3. The van der Waals surface area contributed by atoms with E-state index in [0.717, 1.165) is 146 Å². The number of hydrogen-bond donors (Lipinski definition) is 7. The van der Waals surface area contributed by atoms with Gasteiger partial charge in [-0.05, 0) is 166 Å². The first-order valence-electron chi connectivity index (χ1n) is 39.2. The minimum Gasteiger partial charge on any atom is -0.505 e. The van der Waals surface area contributed by atoms with Gasteiger partial charge in [0, 0.05) is 94.1 Å². The van der Waals surface area contributed by atoms with Crippen LogP contribution in [0, 0.1) is 31.3 Å². The lowest BCUT2D eigenvalue weighted by Gasteiger charge is -2.24. The van der Waals surface area contributed by atoms with Gasteiger partial charge in [0.1, 0.15) is 42.2 Å². The third-order valence-corrected chi connectivity index (χ3v) is 25.5. The molecule has 9 aromatic heterocycles. The summed E-state index contributed by atoms with van der Waals surface area (Å²) in [6.07, 6.45) is 5.64.